The zero-order chi connectivity index (χ0) is 18.4. The third-order valence-corrected chi connectivity index (χ3v) is 4.40. The van der Waals surface area contributed by atoms with Gasteiger partial charge in [-0.3, -0.25) is 0 Å². The van der Waals surface area contributed by atoms with Crippen LogP contribution in [0, 0.1) is 0 Å². The second-order valence-electron chi connectivity index (χ2n) is 6.72. The maximum atomic E-state index is 4.76. The summed E-state index contributed by atoms with van der Waals surface area (Å²) in [6.07, 6.45) is 1.82. The highest BCUT2D eigenvalue weighted by Crippen LogP contribution is 2.21. The Hall–Kier alpha value is -2.88. The molecule has 0 spiro atoms. The van der Waals surface area contributed by atoms with E-state index < -0.39 is 0 Å². The Balaban J connectivity index is 1.78. The van der Waals surface area contributed by atoms with Gasteiger partial charge in [0.1, 0.15) is 5.82 Å². The van der Waals surface area contributed by atoms with Gasteiger partial charge in [-0.05, 0) is 38.0 Å². The molecular weight excluding hydrogens is 320 g/mol. The van der Waals surface area contributed by atoms with E-state index in [9.17, 15) is 0 Å². The normalized spacial score (nSPS) is 12.0. The second-order valence-corrected chi connectivity index (χ2v) is 6.72. The lowest BCUT2D eigenvalue weighted by atomic mass is 10.1. The lowest BCUT2D eigenvalue weighted by Crippen LogP contribution is -2.31. The molecule has 0 radical (unpaired) electrons. The van der Waals surface area contributed by atoms with E-state index in [1.54, 1.807) is 0 Å². The maximum Gasteiger partial charge on any atom is 0.225 e. The van der Waals surface area contributed by atoms with E-state index in [4.69, 9.17) is 4.98 Å². The third kappa shape index (κ3) is 4.60. The van der Waals surface area contributed by atoms with Gasteiger partial charge < -0.3 is 10.2 Å². The van der Waals surface area contributed by atoms with E-state index in [1.165, 1.54) is 11.1 Å². The Labute approximate surface area is 155 Å². The lowest BCUT2D eigenvalue weighted by molar-refractivity contribution is 0.671. The molecule has 1 aromatic heterocycles. The summed E-state index contributed by atoms with van der Waals surface area (Å²) in [6, 6.07) is 23.3. The van der Waals surface area contributed by atoms with Crippen molar-refractivity contribution >= 4 is 11.8 Å². The molecule has 1 atom stereocenters. The quantitative estimate of drug-likeness (QED) is 0.649. The van der Waals surface area contributed by atoms with Gasteiger partial charge in [0.25, 0.3) is 0 Å². The monoisotopic (exact) mass is 346 g/mol. The van der Waals surface area contributed by atoms with Gasteiger partial charge in [0.2, 0.25) is 5.95 Å². The summed E-state index contributed by atoms with van der Waals surface area (Å²) in [5.74, 6) is 1.58. The average Bonchev–Trinajstić information content (AvgIpc) is 2.67. The van der Waals surface area contributed by atoms with E-state index in [2.05, 4.69) is 72.4 Å². The molecule has 2 aromatic carbocycles. The van der Waals surface area contributed by atoms with Crippen molar-refractivity contribution in [2.45, 2.75) is 39.4 Å². The van der Waals surface area contributed by atoms with Gasteiger partial charge in [0.15, 0.2) is 0 Å². The molecule has 0 saturated carbocycles. The molecule has 0 saturated heterocycles. The van der Waals surface area contributed by atoms with Crippen LogP contribution in [0.25, 0.3) is 0 Å². The van der Waals surface area contributed by atoms with Crippen LogP contribution >= 0.6 is 0 Å². The van der Waals surface area contributed by atoms with Crippen molar-refractivity contribution in [1.82, 2.24) is 9.97 Å². The third-order valence-electron chi connectivity index (χ3n) is 4.40. The fourth-order valence-corrected chi connectivity index (χ4v) is 2.91. The minimum Gasteiger partial charge on any atom is -0.350 e. The number of hydrogen-bond donors (Lipinski definition) is 1. The molecule has 0 fully saturated rings. The lowest BCUT2D eigenvalue weighted by Gasteiger charge is -2.28. The molecule has 0 amide bonds. The van der Waals surface area contributed by atoms with Crippen molar-refractivity contribution in [3.05, 3.63) is 84.1 Å². The molecule has 26 heavy (non-hydrogen) atoms. The van der Waals surface area contributed by atoms with Crippen LogP contribution in [0.1, 0.15) is 37.9 Å². The Kier molecular flexibility index (Phi) is 5.84. The van der Waals surface area contributed by atoms with E-state index in [-0.39, 0.29) is 6.04 Å². The van der Waals surface area contributed by atoms with Crippen LogP contribution < -0.4 is 10.2 Å². The first-order chi connectivity index (χ1) is 12.6. The SMILES string of the molecule is CC(Nc1nccc(N(Cc2ccccc2)C(C)C)n1)c1ccccc1. The first-order valence-corrected chi connectivity index (χ1v) is 9.08. The number of anilines is 2. The molecule has 3 rings (SSSR count). The van der Waals surface area contributed by atoms with Crippen molar-refractivity contribution in [2.75, 3.05) is 10.2 Å². The molecule has 1 heterocycles. The Morgan fingerprint density at radius 3 is 2.19 bits per heavy atom. The van der Waals surface area contributed by atoms with E-state index in [1.807, 2.05) is 36.5 Å². The molecule has 0 aliphatic rings. The first-order valence-electron chi connectivity index (χ1n) is 9.08. The minimum atomic E-state index is 0.146. The molecule has 0 aliphatic carbocycles. The molecule has 4 heteroatoms. The van der Waals surface area contributed by atoms with Gasteiger partial charge in [-0.25, -0.2) is 4.98 Å². The van der Waals surface area contributed by atoms with E-state index in [0.29, 0.717) is 12.0 Å². The standard InChI is InChI=1S/C22H26N4/c1-17(2)26(16-19-10-6-4-7-11-19)21-14-15-23-22(25-21)24-18(3)20-12-8-5-9-13-20/h4-15,17-18H,16H2,1-3H3,(H,23,24,25). The van der Waals surface area contributed by atoms with Crippen LogP contribution in [-0.2, 0) is 6.54 Å². The molecule has 4 nitrogen and oxygen atoms in total. The second kappa shape index (κ2) is 8.48. The van der Waals surface area contributed by atoms with Crippen LogP contribution in [0.5, 0.6) is 0 Å². The van der Waals surface area contributed by atoms with Gasteiger partial charge in [-0.15, -0.1) is 0 Å². The van der Waals surface area contributed by atoms with Crippen LogP contribution in [0.4, 0.5) is 11.8 Å². The predicted molar refractivity (Wildman–Crippen MR) is 108 cm³/mol. The van der Waals surface area contributed by atoms with Crippen LogP contribution in [-0.4, -0.2) is 16.0 Å². The van der Waals surface area contributed by atoms with Gasteiger partial charge in [-0.1, -0.05) is 60.7 Å². The van der Waals surface area contributed by atoms with Crippen molar-refractivity contribution in [3.63, 3.8) is 0 Å². The van der Waals surface area contributed by atoms with Crippen molar-refractivity contribution in [3.8, 4) is 0 Å². The summed E-state index contributed by atoms with van der Waals surface area (Å²) in [7, 11) is 0. The predicted octanol–water partition coefficient (Wildman–Crippen LogP) is 5.06. The van der Waals surface area contributed by atoms with Crippen LogP contribution in [0.2, 0.25) is 0 Å². The number of nitrogens with one attached hydrogen (secondary N) is 1. The van der Waals surface area contributed by atoms with E-state index >= 15 is 0 Å². The largest absolute Gasteiger partial charge is 0.350 e. The summed E-state index contributed by atoms with van der Waals surface area (Å²) in [4.78, 5) is 11.5. The smallest absolute Gasteiger partial charge is 0.225 e. The summed E-state index contributed by atoms with van der Waals surface area (Å²) >= 11 is 0. The van der Waals surface area contributed by atoms with Crippen molar-refractivity contribution in [1.29, 1.82) is 0 Å². The highest BCUT2D eigenvalue weighted by atomic mass is 15.2. The number of benzene rings is 2. The Bertz CT molecular complexity index is 803. The summed E-state index contributed by atoms with van der Waals surface area (Å²) in [5.41, 5.74) is 2.48. The van der Waals surface area contributed by atoms with Gasteiger partial charge in [0.05, 0.1) is 6.04 Å². The number of aromatic nitrogens is 2. The minimum absolute atomic E-state index is 0.146. The van der Waals surface area contributed by atoms with E-state index in [0.717, 1.165) is 12.4 Å². The van der Waals surface area contributed by atoms with Gasteiger partial charge >= 0.3 is 0 Å². The van der Waals surface area contributed by atoms with Crippen LogP contribution in [0.3, 0.4) is 0 Å². The molecule has 0 bridgehead atoms. The fraction of sp³-hybridized carbons (Fsp3) is 0.273. The Morgan fingerprint density at radius 1 is 0.885 bits per heavy atom. The zero-order valence-corrected chi connectivity index (χ0v) is 15.6. The van der Waals surface area contributed by atoms with Gasteiger partial charge in [0, 0.05) is 18.8 Å². The van der Waals surface area contributed by atoms with Gasteiger partial charge in [-0.2, -0.15) is 4.98 Å². The Morgan fingerprint density at radius 2 is 1.54 bits per heavy atom. The molecule has 1 unspecified atom stereocenters. The highest BCUT2D eigenvalue weighted by molar-refractivity contribution is 5.45. The topological polar surface area (TPSA) is 41.1 Å². The molecule has 3 aromatic rings. The molecule has 0 aliphatic heterocycles. The first kappa shape index (κ1) is 17.9. The number of rotatable bonds is 7. The molecule has 1 N–H and O–H groups in total. The summed E-state index contributed by atoms with van der Waals surface area (Å²) < 4.78 is 0. The molecule has 134 valence electrons. The zero-order valence-electron chi connectivity index (χ0n) is 15.6. The maximum absolute atomic E-state index is 4.76. The average molecular weight is 346 g/mol. The molecular formula is C22H26N4. The summed E-state index contributed by atoms with van der Waals surface area (Å²) in [5, 5.41) is 3.41. The fourth-order valence-electron chi connectivity index (χ4n) is 2.91. The van der Waals surface area contributed by atoms with Crippen molar-refractivity contribution < 1.29 is 0 Å². The highest BCUT2D eigenvalue weighted by Gasteiger charge is 2.14. The number of nitrogens with zero attached hydrogens (tertiary/aromatic N) is 3. The van der Waals surface area contributed by atoms with Crippen LogP contribution in [0.15, 0.2) is 72.9 Å². The summed E-state index contributed by atoms with van der Waals surface area (Å²) in [6.45, 7) is 7.31. The number of hydrogen-bond acceptors (Lipinski definition) is 4. The van der Waals surface area contributed by atoms with Crippen molar-refractivity contribution in [2.24, 2.45) is 0 Å².